The molecule has 1 N–H and O–H groups in total. The number of rotatable bonds is 7. The molecule has 0 bridgehead atoms. The molecule has 3 aromatic rings. The zero-order valence-corrected chi connectivity index (χ0v) is 20.1. The summed E-state index contributed by atoms with van der Waals surface area (Å²) in [5.74, 6) is 0.831. The fourth-order valence-electron chi connectivity index (χ4n) is 3.94. The Morgan fingerprint density at radius 2 is 1.88 bits per heavy atom. The van der Waals surface area contributed by atoms with E-state index >= 15 is 0 Å². The van der Waals surface area contributed by atoms with E-state index in [0.29, 0.717) is 35.0 Å². The normalized spacial score (nSPS) is 16.8. The molecule has 1 amide bonds. The van der Waals surface area contributed by atoms with Crippen LogP contribution in [0.5, 0.6) is 11.5 Å². The summed E-state index contributed by atoms with van der Waals surface area (Å²) in [6.07, 6.45) is 1.28. The molecule has 2 heterocycles. The third kappa shape index (κ3) is 5.05. The minimum Gasteiger partial charge on any atom is -0.497 e. The first-order valence-electron chi connectivity index (χ1n) is 10.6. The molecule has 2 aromatic carbocycles. The number of carbonyl (C=O) groups excluding carboxylic acids is 1. The van der Waals surface area contributed by atoms with Crippen molar-refractivity contribution < 1.29 is 22.7 Å². The third-order valence-electron chi connectivity index (χ3n) is 5.71. The first kappa shape index (κ1) is 23.3. The molecule has 33 heavy (non-hydrogen) atoms. The van der Waals surface area contributed by atoms with Crippen LogP contribution in [0.25, 0.3) is 11.1 Å². The topological polar surface area (TPSA) is 84.9 Å². The molecule has 7 nitrogen and oxygen atoms in total. The van der Waals surface area contributed by atoms with Gasteiger partial charge in [-0.25, -0.2) is 8.42 Å². The van der Waals surface area contributed by atoms with Crippen LogP contribution < -0.4 is 14.8 Å². The Balaban J connectivity index is 1.51. The summed E-state index contributed by atoms with van der Waals surface area (Å²) in [6, 6.07) is 16.4. The lowest BCUT2D eigenvalue weighted by atomic mass is 9.98. The van der Waals surface area contributed by atoms with Crippen molar-refractivity contribution in [1.82, 2.24) is 4.31 Å². The van der Waals surface area contributed by atoms with Crippen LogP contribution in [-0.4, -0.2) is 45.9 Å². The first-order chi connectivity index (χ1) is 15.9. The van der Waals surface area contributed by atoms with Crippen LogP contribution >= 0.6 is 11.3 Å². The highest BCUT2D eigenvalue weighted by atomic mass is 32.2. The Morgan fingerprint density at radius 3 is 2.55 bits per heavy atom. The van der Waals surface area contributed by atoms with E-state index in [0.717, 1.165) is 16.9 Å². The van der Waals surface area contributed by atoms with Crippen LogP contribution in [0.2, 0.25) is 0 Å². The maximum absolute atomic E-state index is 13.0. The van der Waals surface area contributed by atoms with Crippen LogP contribution in [0.3, 0.4) is 0 Å². The Morgan fingerprint density at radius 1 is 1.09 bits per heavy atom. The second-order valence-electron chi connectivity index (χ2n) is 7.77. The number of piperidine rings is 1. The molecule has 4 rings (SSSR count). The standard InChI is InChI=1S/C24H26N2O5S2/c1-30-20-10-7-17(8-11-20)21-15-19(9-12-22(21)31-2)25-24(27)18-5-3-13-26(16-18)33(28,29)23-6-4-14-32-23/h4,6-12,14-15,18H,3,5,13,16H2,1-2H3,(H,25,27)/t18-/m1/s1. The second kappa shape index (κ2) is 9.94. The number of carbonyl (C=O) groups is 1. The Hall–Kier alpha value is -2.88. The molecule has 1 fully saturated rings. The van der Waals surface area contributed by atoms with Crippen LogP contribution in [0.4, 0.5) is 5.69 Å². The van der Waals surface area contributed by atoms with E-state index in [1.807, 2.05) is 36.4 Å². The van der Waals surface area contributed by atoms with Crippen molar-refractivity contribution in [1.29, 1.82) is 0 Å². The van der Waals surface area contributed by atoms with Gasteiger partial charge in [-0.15, -0.1) is 11.3 Å². The molecule has 0 radical (unpaired) electrons. The molecule has 1 atom stereocenters. The molecule has 174 valence electrons. The Bertz CT molecular complexity index is 1210. The van der Waals surface area contributed by atoms with Crippen LogP contribution in [0, 0.1) is 5.92 Å². The number of sulfonamides is 1. The summed E-state index contributed by atoms with van der Waals surface area (Å²) >= 11 is 1.19. The number of anilines is 1. The van der Waals surface area contributed by atoms with Crippen molar-refractivity contribution in [2.45, 2.75) is 17.1 Å². The molecular weight excluding hydrogens is 460 g/mol. The van der Waals surface area contributed by atoms with Crippen molar-refractivity contribution in [2.75, 3.05) is 32.6 Å². The maximum Gasteiger partial charge on any atom is 0.252 e. The minimum atomic E-state index is -3.57. The summed E-state index contributed by atoms with van der Waals surface area (Å²) < 4.78 is 38.2. The molecule has 9 heteroatoms. The molecule has 1 saturated heterocycles. The van der Waals surface area contributed by atoms with E-state index in [4.69, 9.17) is 9.47 Å². The molecular formula is C24H26N2O5S2. The van der Waals surface area contributed by atoms with Gasteiger partial charge in [-0.3, -0.25) is 4.79 Å². The van der Waals surface area contributed by atoms with E-state index in [9.17, 15) is 13.2 Å². The summed E-state index contributed by atoms with van der Waals surface area (Å²) in [6.45, 7) is 0.599. The zero-order valence-electron chi connectivity index (χ0n) is 18.5. The first-order valence-corrected chi connectivity index (χ1v) is 12.9. The lowest BCUT2D eigenvalue weighted by Gasteiger charge is -2.30. The van der Waals surface area contributed by atoms with E-state index in [2.05, 4.69) is 5.32 Å². The van der Waals surface area contributed by atoms with Crippen LogP contribution in [0.15, 0.2) is 64.2 Å². The monoisotopic (exact) mass is 486 g/mol. The smallest absolute Gasteiger partial charge is 0.252 e. The fraction of sp³-hybridized carbons (Fsp3) is 0.292. The number of thiophene rings is 1. The van der Waals surface area contributed by atoms with Gasteiger partial charge in [-0.1, -0.05) is 18.2 Å². The van der Waals surface area contributed by atoms with Crippen molar-refractivity contribution in [3.8, 4) is 22.6 Å². The van der Waals surface area contributed by atoms with E-state index in [1.54, 1.807) is 37.8 Å². The SMILES string of the molecule is COc1ccc(-c2cc(NC(=O)[C@@H]3CCCN(S(=O)(=O)c4cccs4)C3)ccc2OC)cc1. The predicted molar refractivity (Wildman–Crippen MR) is 129 cm³/mol. The number of nitrogens with one attached hydrogen (secondary N) is 1. The van der Waals surface area contributed by atoms with Gasteiger partial charge >= 0.3 is 0 Å². The number of amides is 1. The summed E-state index contributed by atoms with van der Waals surface area (Å²) in [7, 11) is -0.353. The maximum atomic E-state index is 13.0. The molecule has 0 aliphatic carbocycles. The highest BCUT2D eigenvalue weighted by molar-refractivity contribution is 7.91. The lowest BCUT2D eigenvalue weighted by molar-refractivity contribution is -0.120. The van der Waals surface area contributed by atoms with Gasteiger partial charge in [0, 0.05) is 24.3 Å². The second-order valence-corrected chi connectivity index (χ2v) is 10.9. The van der Waals surface area contributed by atoms with Gasteiger partial charge in [0.05, 0.1) is 20.1 Å². The summed E-state index contributed by atoms with van der Waals surface area (Å²) in [5.41, 5.74) is 2.39. The van der Waals surface area contributed by atoms with E-state index in [-0.39, 0.29) is 12.5 Å². The van der Waals surface area contributed by atoms with Gasteiger partial charge in [0.1, 0.15) is 15.7 Å². The number of hydrogen-bond acceptors (Lipinski definition) is 6. The Kier molecular flexibility index (Phi) is 7.02. The fourth-order valence-corrected chi connectivity index (χ4v) is 6.61. The number of hydrogen-bond donors (Lipinski definition) is 1. The van der Waals surface area contributed by atoms with Crippen molar-refractivity contribution in [3.05, 3.63) is 60.0 Å². The molecule has 1 aromatic heterocycles. The van der Waals surface area contributed by atoms with E-state index in [1.165, 1.54) is 15.6 Å². The number of nitrogens with zero attached hydrogens (tertiary/aromatic N) is 1. The zero-order chi connectivity index (χ0) is 23.4. The summed E-state index contributed by atoms with van der Waals surface area (Å²) in [5, 5.41) is 4.71. The number of ether oxygens (including phenoxy) is 2. The minimum absolute atomic E-state index is 0.174. The van der Waals surface area contributed by atoms with Gasteiger partial charge in [-0.2, -0.15) is 4.31 Å². The van der Waals surface area contributed by atoms with Gasteiger partial charge in [0.2, 0.25) is 5.91 Å². The van der Waals surface area contributed by atoms with Gasteiger partial charge in [-0.05, 0) is 60.2 Å². The molecule has 0 saturated carbocycles. The predicted octanol–water partition coefficient (Wildman–Crippen LogP) is 4.47. The van der Waals surface area contributed by atoms with Crippen LogP contribution in [0.1, 0.15) is 12.8 Å². The highest BCUT2D eigenvalue weighted by Gasteiger charge is 2.33. The van der Waals surface area contributed by atoms with E-state index < -0.39 is 15.9 Å². The van der Waals surface area contributed by atoms with Gasteiger partial charge in [0.15, 0.2) is 0 Å². The molecule has 0 unspecified atom stereocenters. The number of benzene rings is 2. The Labute approximate surface area is 198 Å². The highest BCUT2D eigenvalue weighted by Crippen LogP contribution is 2.34. The summed E-state index contributed by atoms with van der Waals surface area (Å²) in [4.78, 5) is 13.0. The van der Waals surface area contributed by atoms with Crippen LogP contribution in [-0.2, 0) is 14.8 Å². The van der Waals surface area contributed by atoms with Gasteiger partial charge in [0.25, 0.3) is 10.0 Å². The number of methoxy groups -OCH3 is 2. The average molecular weight is 487 g/mol. The average Bonchev–Trinajstić information content (AvgIpc) is 3.40. The molecule has 0 spiro atoms. The third-order valence-corrected chi connectivity index (χ3v) is 8.95. The quantitative estimate of drug-likeness (QED) is 0.533. The van der Waals surface area contributed by atoms with Crippen molar-refractivity contribution >= 4 is 33.0 Å². The van der Waals surface area contributed by atoms with Crippen molar-refractivity contribution in [3.63, 3.8) is 0 Å². The van der Waals surface area contributed by atoms with Gasteiger partial charge < -0.3 is 14.8 Å². The largest absolute Gasteiger partial charge is 0.497 e. The van der Waals surface area contributed by atoms with Crippen molar-refractivity contribution in [2.24, 2.45) is 5.92 Å². The lowest BCUT2D eigenvalue weighted by Crippen LogP contribution is -2.43. The molecule has 1 aliphatic rings. The molecule has 1 aliphatic heterocycles.